The summed E-state index contributed by atoms with van der Waals surface area (Å²) < 4.78 is 84.5. The number of halogens is 2. The van der Waals surface area contributed by atoms with Crippen LogP contribution in [-0.4, -0.2) is 88.9 Å². The first-order valence-corrected chi connectivity index (χ1v) is 14.8. The van der Waals surface area contributed by atoms with Gasteiger partial charge < -0.3 is 20.1 Å². The maximum absolute atomic E-state index is 14.2. The van der Waals surface area contributed by atoms with Gasteiger partial charge in [0.2, 0.25) is 10.0 Å². The van der Waals surface area contributed by atoms with Crippen molar-refractivity contribution in [1.29, 1.82) is 0 Å². The highest BCUT2D eigenvalue weighted by Crippen LogP contribution is 2.38. The summed E-state index contributed by atoms with van der Waals surface area (Å²) in [5.74, 6) is -5.67. The van der Waals surface area contributed by atoms with E-state index >= 15 is 0 Å². The Hall–Kier alpha value is -3.21. The number of allylic oxidation sites excluding steroid dienone is 3. The molecule has 3 rings (SSSR count). The van der Waals surface area contributed by atoms with Gasteiger partial charge in [-0.15, -0.1) is 0 Å². The molecule has 2 aliphatic rings. The number of aliphatic carboxylic acids is 1. The van der Waals surface area contributed by atoms with Gasteiger partial charge >= 0.3 is 12.1 Å². The van der Waals surface area contributed by atoms with Crippen LogP contribution in [0, 0.1) is 17.0 Å². The van der Waals surface area contributed by atoms with Crippen LogP contribution in [0.2, 0.25) is 0 Å². The van der Waals surface area contributed by atoms with Crippen molar-refractivity contribution >= 4 is 37.7 Å². The molecule has 0 bridgehead atoms. The molecule has 1 aromatic carbocycles. The Kier molecular flexibility index (Phi) is 8.94. The number of amides is 1. The van der Waals surface area contributed by atoms with E-state index in [2.05, 4.69) is 5.32 Å². The third-order valence-electron chi connectivity index (χ3n) is 6.18. The van der Waals surface area contributed by atoms with Gasteiger partial charge in [0.05, 0.1) is 23.0 Å². The molecule has 1 aliphatic carbocycles. The van der Waals surface area contributed by atoms with Gasteiger partial charge in [0.15, 0.2) is 15.6 Å². The summed E-state index contributed by atoms with van der Waals surface area (Å²) >= 11 is 0. The average Bonchev–Trinajstić information content (AvgIpc) is 2.83. The van der Waals surface area contributed by atoms with Crippen LogP contribution in [-0.2, 0) is 34.2 Å². The van der Waals surface area contributed by atoms with E-state index in [1.165, 1.54) is 32.3 Å². The summed E-state index contributed by atoms with van der Waals surface area (Å²) in [5.41, 5.74) is -1.76. The normalized spacial score (nSPS) is 23.4. The minimum Gasteiger partial charge on any atom is -0.480 e. The summed E-state index contributed by atoms with van der Waals surface area (Å²) in [4.78, 5) is 37.9. The molecule has 12 nitrogen and oxygen atoms in total. The zero-order valence-corrected chi connectivity index (χ0v) is 22.5. The topological polar surface area (TPSA) is 176 Å². The van der Waals surface area contributed by atoms with E-state index in [9.17, 15) is 45.1 Å². The molecular formula is C23H27F2N3O9S2. The minimum atomic E-state index is -4.84. The number of ketones is 1. The second kappa shape index (κ2) is 11.5. The fraction of sp³-hybridized carbons (Fsp3) is 0.435. The first-order valence-electron chi connectivity index (χ1n) is 11.5. The van der Waals surface area contributed by atoms with Crippen molar-refractivity contribution in [2.24, 2.45) is 5.41 Å². The number of carbonyl (C=O) groups excluding carboxylic acids is 2. The van der Waals surface area contributed by atoms with Gasteiger partial charge in [-0.1, -0.05) is 6.08 Å². The number of carboxylic acid groups (broad SMARTS) is 1. The SMILES string of the molecule is CN(C)C(=O)OC1=CCC(C[C@H](NS(=O)(=O)c2ccc(F)cc2F)C(=O)O)(C(=O)C2CS(=O)(=O)CCN2)C=C1. The lowest BCUT2D eigenvalue weighted by atomic mass is 9.71. The number of carbonyl (C=O) groups is 3. The molecule has 1 saturated heterocycles. The number of rotatable bonds is 9. The Labute approximate surface area is 223 Å². The summed E-state index contributed by atoms with van der Waals surface area (Å²) in [7, 11) is -5.57. The van der Waals surface area contributed by atoms with Crippen molar-refractivity contribution < 1.29 is 49.8 Å². The number of carboxylic acids is 1. The molecule has 1 aliphatic heterocycles. The van der Waals surface area contributed by atoms with Gasteiger partial charge in [0.25, 0.3) is 0 Å². The number of sulfonamides is 1. The Balaban J connectivity index is 1.96. The average molecular weight is 592 g/mol. The third kappa shape index (κ3) is 7.26. The highest BCUT2D eigenvalue weighted by atomic mass is 32.2. The van der Waals surface area contributed by atoms with Crippen molar-refractivity contribution in [1.82, 2.24) is 14.9 Å². The van der Waals surface area contributed by atoms with Crippen LogP contribution in [0.15, 0.2) is 47.1 Å². The minimum absolute atomic E-state index is 0.0289. The molecule has 1 heterocycles. The molecule has 3 atom stereocenters. The predicted molar refractivity (Wildman–Crippen MR) is 133 cm³/mol. The van der Waals surface area contributed by atoms with E-state index in [4.69, 9.17) is 4.74 Å². The summed E-state index contributed by atoms with van der Waals surface area (Å²) in [6.07, 6.45) is 2.08. The van der Waals surface area contributed by atoms with E-state index in [0.717, 1.165) is 4.90 Å². The number of nitrogens with zero attached hydrogens (tertiary/aromatic N) is 1. The van der Waals surface area contributed by atoms with Crippen molar-refractivity contribution in [3.63, 3.8) is 0 Å². The molecule has 2 unspecified atom stereocenters. The monoisotopic (exact) mass is 591 g/mol. The number of ether oxygens (including phenoxy) is 1. The maximum atomic E-state index is 14.2. The summed E-state index contributed by atoms with van der Waals surface area (Å²) in [5, 5.41) is 12.6. The van der Waals surface area contributed by atoms with E-state index in [1.807, 2.05) is 4.72 Å². The molecule has 0 saturated carbocycles. The Morgan fingerprint density at radius 2 is 1.97 bits per heavy atom. The molecule has 0 aromatic heterocycles. The third-order valence-corrected chi connectivity index (χ3v) is 9.36. The zero-order valence-electron chi connectivity index (χ0n) is 20.9. The quantitative estimate of drug-likeness (QED) is 0.368. The Morgan fingerprint density at radius 1 is 1.28 bits per heavy atom. The van der Waals surface area contributed by atoms with Crippen molar-refractivity contribution in [2.75, 3.05) is 32.1 Å². The molecule has 39 heavy (non-hydrogen) atoms. The molecule has 16 heteroatoms. The van der Waals surface area contributed by atoms with Gasteiger partial charge in [-0.2, -0.15) is 4.72 Å². The Bertz CT molecular complexity index is 1440. The number of hydrogen-bond acceptors (Lipinski definition) is 9. The zero-order chi connectivity index (χ0) is 29.2. The number of benzene rings is 1. The molecule has 1 aromatic rings. The smallest absolute Gasteiger partial charge is 0.414 e. The molecule has 3 N–H and O–H groups in total. The molecule has 0 spiro atoms. The molecule has 0 radical (unpaired) electrons. The highest BCUT2D eigenvalue weighted by molar-refractivity contribution is 7.91. The van der Waals surface area contributed by atoms with Gasteiger partial charge in [0.1, 0.15) is 28.3 Å². The molecule has 214 valence electrons. The van der Waals surface area contributed by atoms with Gasteiger partial charge in [-0.3, -0.25) is 9.59 Å². The van der Waals surface area contributed by atoms with Crippen LogP contribution in [0.1, 0.15) is 12.8 Å². The molecular weight excluding hydrogens is 564 g/mol. The molecule has 1 fully saturated rings. The van der Waals surface area contributed by atoms with Crippen LogP contribution in [0.5, 0.6) is 0 Å². The number of Topliss-reactive ketones (excluding diaryl/α,β-unsaturated/α-hetero) is 1. The van der Waals surface area contributed by atoms with Crippen LogP contribution < -0.4 is 10.0 Å². The fourth-order valence-corrected chi connectivity index (χ4v) is 6.77. The lowest BCUT2D eigenvalue weighted by Gasteiger charge is -2.37. The van der Waals surface area contributed by atoms with Crippen LogP contribution >= 0.6 is 0 Å². The highest BCUT2D eigenvalue weighted by Gasteiger charge is 2.46. The van der Waals surface area contributed by atoms with Crippen LogP contribution in [0.4, 0.5) is 13.6 Å². The fourth-order valence-electron chi connectivity index (χ4n) is 4.15. The van der Waals surface area contributed by atoms with E-state index in [0.29, 0.717) is 18.2 Å². The summed E-state index contributed by atoms with van der Waals surface area (Å²) in [6, 6.07) is -1.60. The van der Waals surface area contributed by atoms with Crippen molar-refractivity contribution in [3.8, 4) is 0 Å². The lowest BCUT2D eigenvalue weighted by molar-refractivity contribution is -0.140. The first-order chi connectivity index (χ1) is 18.0. The van der Waals surface area contributed by atoms with Crippen molar-refractivity contribution in [3.05, 3.63) is 53.8 Å². The number of hydrogen-bond donors (Lipinski definition) is 3. The van der Waals surface area contributed by atoms with E-state index in [-0.39, 0.29) is 24.5 Å². The number of nitrogens with one attached hydrogen (secondary N) is 2. The van der Waals surface area contributed by atoms with Crippen LogP contribution in [0.25, 0.3) is 0 Å². The second-order valence-corrected chi connectivity index (χ2v) is 13.2. The largest absolute Gasteiger partial charge is 0.480 e. The van der Waals surface area contributed by atoms with Gasteiger partial charge in [-0.05, 0) is 37.1 Å². The lowest BCUT2D eigenvalue weighted by Crippen LogP contribution is -2.56. The van der Waals surface area contributed by atoms with E-state index < -0.39 is 83.9 Å². The number of sulfone groups is 1. The van der Waals surface area contributed by atoms with E-state index in [1.54, 1.807) is 0 Å². The van der Waals surface area contributed by atoms with Gasteiger partial charge in [0, 0.05) is 26.7 Å². The second-order valence-electron chi connectivity index (χ2n) is 9.34. The van der Waals surface area contributed by atoms with Crippen molar-refractivity contribution in [2.45, 2.75) is 29.8 Å². The maximum Gasteiger partial charge on any atom is 0.414 e. The Morgan fingerprint density at radius 3 is 2.51 bits per heavy atom. The van der Waals surface area contributed by atoms with Gasteiger partial charge in [-0.25, -0.2) is 30.4 Å². The van der Waals surface area contributed by atoms with Crippen LogP contribution in [0.3, 0.4) is 0 Å². The first kappa shape index (κ1) is 30.3. The summed E-state index contributed by atoms with van der Waals surface area (Å²) in [6.45, 7) is -0.0289. The molecule has 1 amide bonds. The standard InChI is InChI=1S/C23H27F2N3O9S2/c1-28(2)22(32)37-15-5-7-23(8-6-15,20(29)18-13-38(33,34)10-9-26-18)12-17(21(30)31)27-39(35,36)19-4-3-14(24)11-16(19)25/h3-7,11,17-18,26-27H,8-10,12-13H2,1-2H3,(H,30,31)/t17-,18?,23?/m0/s1. The predicted octanol–water partition coefficient (Wildman–Crippen LogP) is 0.571.